The van der Waals surface area contributed by atoms with Crippen molar-refractivity contribution >= 4 is 16.7 Å². The van der Waals surface area contributed by atoms with Crippen LogP contribution in [-0.2, 0) is 24.3 Å². The summed E-state index contributed by atoms with van der Waals surface area (Å²) in [5.41, 5.74) is 3.55. The van der Waals surface area contributed by atoms with Crippen molar-refractivity contribution in [3.05, 3.63) is 83.4 Å². The van der Waals surface area contributed by atoms with Gasteiger partial charge in [0.25, 0.3) is 0 Å². The molecule has 1 aliphatic heterocycles. The number of nitrogens with one attached hydrogen (secondary N) is 1. The Balaban J connectivity index is 1.27. The number of hydrogen-bond donors (Lipinski definition) is 1. The van der Waals surface area contributed by atoms with Crippen molar-refractivity contribution in [2.75, 3.05) is 13.1 Å². The molecule has 3 nitrogen and oxygen atoms in total. The summed E-state index contributed by atoms with van der Waals surface area (Å²) >= 11 is 0. The number of amides is 1. The second-order valence-electron chi connectivity index (χ2n) is 7.79. The van der Waals surface area contributed by atoms with Crippen LogP contribution in [0.4, 0.5) is 0 Å². The molecule has 1 aliphatic rings. The van der Waals surface area contributed by atoms with Gasteiger partial charge in [-0.25, -0.2) is 0 Å². The van der Waals surface area contributed by atoms with E-state index in [2.05, 4.69) is 58.7 Å². The van der Waals surface area contributed by atoms with Crippen molar-refractivity contribution in [2.45, 2.75) is 38.8 Å². The van der Waals surface area contributed by atoms with E-state index in [9.17, 15) is 4.79 Å². The maximum atomic E-state index is 12.3. The van der Waals surface area contributed by atoms with Crippen LogP contribution in [0.1, 0.15) is 36.0 Å². The Hall–Kier alpha value is -2.65. The maximum Gasteiger partial charge on any atom is 0.224 e. The maximum absolute atomic E-state index is 12.3. The summed E-state index contributed by atoms with van der Waals surface area (Å²) in [6, 6.07) is 23.1. The molecule has 1 N–H and O–H groups in total. The highest BCUT2D eigenvalue weighted by atomic mass is 16.1. The largest absolute Gasteiger partial charge is 0.352 e. The Morgan fingerprint density at radius 3 is 2.25 bits per heavy atom. The molecule has 1 fully saturated rings. The van der Waals surface area contributed by atoms with Crippen molar-refractivity contribution in [1.29, 1.82) is 0 Å². The fraction of sp³-hybridized carbons (Fsp3) is 0.320. The Morgan fingerprint density at radius 2 is 1.46 bits per heavy atom. The highest BCUT2D eigenvalue weighted by Gasteiger charge is 2.10. The summed E-state index contributed by atoms with van der Waals surface area (Å²) < 4.78 is 0. The topological polar surface area (TPSA) is 32.3 Å². The number of hydrogen-bond acceptors (Lipinski definition) is 2. The summed E-state index contributed by atoms with van der Waals surface area (Å²) in [4.78, 5) is 14.9. The van der Waals surface area contributed by atoms with Gasteiger partial charge in [0.1, 0.15) is 0 Å². The second-order valence-corrected chi connectivity index (χ2v) is 7.79. The molecular weight excluding hydrogens is 344 g/mol. The number of carbonyl (C=O) groups is 1. The minimum absolute atomic E-state index is 0.0627. The Labute approximate surface area is 167 Å². The molecule has 3 aromatic rings. The fourth-order valence-electron chi connectivity index (χ4n) is 3.94. The Morgan fingerprint density at radius 1 is 0.786 bits per heavy atom. The van der Waals surface area contributed by atoms with Crippen molar-refractivity contribution in [2.24, 2.45) is 0 Å². The third-order valence-corrected chi connectivity index (χ3v) is 5.55. The lowest BCUT2D eigenvalue weighted by molar-refractivity contribution is -0.120. The summed E-state index contributed by atoms with van der Waals surface area (Å²) in [7, 11) is 0. The zero-order valence-electron chi connectivity index (χ0n) is 16.4. The van der Waals surface area contributed by atoms with E-state index in [0.29, 0.717) is 13.0 Å². The van der Waals surface area contributed by atoms with Crippen molar-refractivity contribution in [1.82, 2.24) is 10.2 Å². The minimum atomic E-state index is 0.0627. The van der Waals surface area contributed by atoms with Gasteiger partial charge in [-0.05, 0) is 53.4 Å². The molecule has 0 aliphatic carbocycles. The quantitative estimate of drug-likeness (QED) is 0.681. The summed E-state index contributed by atoms with van der Waals surface area (Å²) in [6.07, 6.45) is 4.43. The number of rotatable bonds is 6. The molecule has 0 aromatic heterocycles. The molecule has 4 rings (SSSR count). The van der Waals surface area contributed by atoms with Crippen molar-refractivity contribution < 1.29 is 4.79 Å². The Kier molecular flexibility index (Phi) is 6.03. The molecule has 0 saturated carbocycles. The fourth-order valence-corrected chi connectivity index (χ4v) is 3.94. The molecule has 3 heteroatoms. The van der Waals surface area contributed by atoms with Gasteiger partial charge in [0.2, 0.25) is 5.91 Å². The lowest BCUT2D eigenvalue weighted by Gasteiger charge is -2.26. The number of nitrogens with zero attached hydrogens (tertiary/aromatic N) is 1. The monoisotopic (exact) mass is 372 g/mol. The molecule has 1 heterocycles. The van der Waals surface area contributed by atoms with Crippen LogP contribution in [0.25, 0.3) is 10.8 Å². The minimum Gasteiger partial charge on any atom is -0.352 e. The van der Waals surface area contributed by atoms with Gasteiger partial charge in [0.15, 0.2) is 0 Å². The van der Waals surface area contributed by atoms with Gasteiger partial charge in [0, 0.05) is 13.1 Å². The van der Waals surface area contributed by atoms with E-state index in [1.165, 1.54) is 48.7 Å². The normalized spacial score (nSPS) is 14.9. The first-order chi connectivity index (χ1) is 13.8. The first kappa shape index (κ1) is 18.7. The van der Waals surface area contributed by atoms with Gasteiger partial charge < -0.3 is 5.32 Å². The van der Waals surface area contributed by atoms with Gasteiger partial charge in [-0.1, -0.05) is 73.2 Å². The van der Waals surface area contributed by atoms with E-state index >= 15 is 0 Å². The molecular formula is C25H28N2O. The summed E-state index contributed by atoms with van der Waals surface area (Å²) in [6.45, 7) is 4.05. The smallest absolute Gasteiger partial charge is 0.224 e. The average Bonchev–Trinajstić information content (AvgIpc) is 2.74. The molecule has 0 bridgehead atoms. The predicted molar refractivity (Wildman–Crippen MR) is 115 cm³/mol. The third kappa shape index (κ3) is 4.99. The van der Waals surface area contributed by atoms with Crippen LogP contribution < -0.4 is 5.32 Å². The number of fused-ring (bicyclic) bond motifs is 1. The van der Waals surface area contributed by atoms with Crippen LogP contribution in [0.5, 0.6) is 0 Å². The summed E-state index contributed by atoms with van der Waals surface area (Å²) in [5, 5.41) is 5.43. The molecule has 0 unspecified atom stereocenters. The van der Waals surface area contributed by atoms with E-state index in [0.717, 1.165) is 17.7 Å². The molecule has 1 saturated heterocycles. The molecule has 1 amide bonds. The van der Waals surface area contributed by atoms with Gasteiger partial charge in [0.05, 0.1) is 6.42 Å². The van der Waals surface area contributed by atoms with Crippen molar-refractivity contribution in [3.63, 3.8) is 0 Å². The van der Waals surface area contributed by atoms with Gasteiger partial charge >= 0.3 is 0 Å². The zero-order valence-corrected chi connectivity index (χ0v) is 16.4. The SMILES string of the molecule is O=C(Cc1ccc2ccccc2c1)NCc1ccc(CN2CCCCC2)cc1. The standard InChI is InChI=1S/C25H28N2O/c28-25(17-22-12-13-23-6-2-3-7-24(23)16-22)26-18-20-8-10-21(11-9-20)19-27-14-4-1-5-15-27/h2-3,6-13,16H,1,4-5,14-15,17-19H2,(H,26,28). The lowest BCUT2D eigenvalue weighted by atomic mass is 10.0. The van der Waals surface area contributed by atoms with Crippen LogP contribution in [0.3, 0.4) is 0 Å². The number of piperidine rings is 1. The average molecular weight is 373 g/mol. The molecule has 0 atom stereocenters. The first-order valence-corrected chi connectivity index (χ1v) is 10.3. The van der Waals surface area contributed by atoms with E-state index in [1.54, 1.807) is 0 Å². The lowest BCUT2D eigenvalue weighted by Crippen LogP contribution is -2.29. The molecule has 3 aromatic carbocycles. The van der Waals surface area contributed by atoms with Crippen molar-refractivity contribution in [3.8, 4) is 0 Å². The van der Waals surface area contributed by atoms with Gasteiger partial charge in [-0.15, -0.1) is 0 Å². The zero-order chi connectivity index (χ0) is 19.2. The molecule has 0 spiro atoms. The predicted octanol–water partition coefficient (Wildman–Crippen LogP) is 4.68. The molecule has 28 heavy (non-hydrogen) atoms. The van der Waals surface area contributed by atoms with E-state index < -0.39 is 0 Å². The second kappa shape index (κ2) is 9.03. The van der Waals surface area contributed by atoms with Gasteiger partial charge in [-0.3, -0.25) is 9.69 Å². The third-order valence-electron chi connectivity index (χ3n) is 5.55. The molecule has 144 valence electrons. The number of likely N-dealkylation sites (tertiary alicyclic amines) is 1. The van der Waals surface area contributed by atoms with Gasteiger partial charge in [-0.2, -0.15) is 0 Å². The van der Waals surface area contributed by atoms with Crippen LogP contribution in [0.2, 0.25) is 0 Å². The van der Waals surface area contributed by atoms with Crippen LogP contribution in [-0.4, -0.2) is 23.9 Å². The number of benzene rings is 3. The Bertz CT molecular complexity index is 927. The van der Waals surface area contributed by atoms with Crippen LogP contribution in [0, 0.1) is 0 Å². The highest BCUT2D eigenvalue weighted by Crippen LogP contribution is 2.16. The highest BCUT2D eigenvalue weighted by molar-refractivity contribution is 5.85. The molecule has 0 radical (unpaired) electrons. The van der Waals surface area contributed by atoms with Crippen LogP contribution >= 0.6 is 0 Å². The van der Waals surface area contributed by atoms with E-state index in [4.69, 9.17) is 0 Å². The first-order valence-electron chi connectivity index (χ1n) is 10.3. The number of carbonyl (C=O) groups excluding carboxylic acids is 1. The van der Waals surface area contributed by atoms with E-state index in [1.807, 2.05) is 18.2 Å². The summed E-state index contributed by atoms with van der Waals surface area (Å²) in [5.74, 6) is 0.0627. The van der Waals surface area contributed by atoms with Crippen LogP contribution in [0.15, 0.2) is 66.7 Å². The van der Waals surface area contributed by atoms with E-state index in [-0.39, 0.29) is 5.91 Å².